The lowest BCUT2D eigenvalue weighted by Crippen LogP contribution is -2.48. The van der Waals surface area contributed by atoms with E-state index in [2.05, 4.69) is 25.7 Å². The van der Waals surface area contributed by atoms with Crippen molar-refractivity contribution in [2.24, 2.45) is 5.41 Å². The maximum atomic E-state index is 5.76. The number of hydrogen-bond acceptors (Lipinski definition) is 2. The summed E-state index contributed by atoms with van der Waals surface area (Å²) in [4.78, 5) is 4.50. The first-order valence-corrected chi connectivity index (χ1v) is 6.31. The highest BCUT2D eigenvalue weighted by molar-refractivity contribution is 6.04. The van der Waals surface area contributed by atoms with E-state index in [0.717, 1.165) is 26.2 Å². The summed E-state index contributed by atoms with van der Waals surface area (Å²) in [7, 11) is 5.76. The molecule has 0 aromatic heterocycles. The number of hydrogen-bond donors (Lipinski definition) is 0. The molecule has 1 aliphatic rings. The minimum absolute atomic E-state index is 0.505. The highest BCUT2D eigenvalue weighted by Gasteiger charge is 2.25. The molecule has 2 radical (unpaired) electrons. The van der Waals surface area contributed by atoms with Crippen LogP contribution in [0.25, 0.3) is 0 Å². The van der Waals surface area contributed by atoms with E-state index in [1.165, 1.54) is 25.8 Å². The Morgan fingerprint density at radius 1 is 1.13 bits per heavy atom. The molecule has 0 aromatic carbocycles. The molecule has 86 valence electrons. The van der Waals surface area contributed by atoms with Crippen molar-refractivity contribution in [1.29, 1.82) is 0 Å². The van der Waals surface area contributed by atoms with Crippen LogP contribution in [0.15, 0.2) is 0 Å². The number of piperazine rings is 1. The van der Waals surface area contributed by atoms with Crippen LogP contribution < -0.4 is 0 Å². The molecule has 0 saturated carbocycles. The molecule has 1 atom stereocenters. The van der Waals surface area contributed by atoms with Crippen LogP contribution in [0, 0.1) is 5.41 Å². The molecule has 0 aliphatic carbocycles. The summed E-state index contributed by atoms with van der Waals surface area (Å²) in [5, 5.41) is 0. The van der Waals surface area contributed by atoms with Crippen molar-refractivity contribution >= 4 is 7.98 Å². The Bertz CT molecular complexity index is 178. The molecule has 1 rings (SSSR count). The average Bonchev–Trinajstić information content (AvgIpc) is 2.22. The van der Waals surface area contributed by atoms with Gasteiger partial charge in [0, 0.05) is 19.6 Å². The smallest absolute Gasteiger partial charge is 0.182 e. The van der Waals surface area contributed by atoms with Gasteiger partial charge in [-0.1, -0.05) is 27.2 Å². The minimum atomic E-state index is 0.505. The maximum absolute atomic E-state index is 5.76. The molecular formula is C12H25BN2. The van der Waals surface area contributed by atoms with Gasteiger partial charge in [0.25, 0.3) is 0 Å². The van der Waals surface area contributed by atoms with Crippen molar-refractivity contribution in [3.63, 3.8) is 0 Å². The van der Waals surface area contributed by atoms with Crippen molar-refractivity contribution in [2.45, 2.75) is 40.0 Å². The van der Waals surface area contributed by atoms with E-state index in [4.69, 9.17) is 7.98 Å². The predicted octanol–water partition coefficient (Wildman–Crippen LogP) is 1.90. The van der Waals surface area contributed by atoms with E-state index < -0.39 is 0 Å². The lowest BCUT2D eigenvalue weighted by molar-refractivity contribution is 0.114. The summed E-state index contributed by atoms with van der Waals surface area (Å²) in [5.74, 6) is 0. The van der Waals surface area contributed by atoms with Crippen molar-refractivity contribution in [1.82, 2.24) is 9.71 Å². The second kappa shape index (κ2) is 5.90. The standard InChI is InChI=1S/C12H25BN2/c1-4-6-12(3,5-2)11-14-7-9-15(13)10-8-14/h4-11H2,1-3H3. The molecule has 1 fully saturated rings. The van der Waals surface area contributed by atoms with Crippen LogP contribution in [-0.4, -0.2) is 50.4 Å². The normalized spacial score (nSPS) is 23.9. The fourth-order valence-electron chi connectivity index (χ4n) is 2.43. The summed E-state index contributed by atoms with van der Waals surface area (Å²) in [5.41, 5.74) is 0.505. The Hall–Kier alpha value is -0.0151. The Kier molecular flexibility index (Phi) is 5.14. The zero-order chi connectivity index (χ0) is 11.3. The van der Waals surface area contributed by atoms with Gasteiger partial charge in [-0.05, 0) is 31.3 Å². The third kappa shape index (κ3) is 4.16. The van der Waals surface area contributed by atoms with Gasteiger partial charge < -0.3 is 9.71 Å². The summed E-state index contributed by atoms with van der Waals surface area (Å²) < 4.78 is 0. The Labute approximate surface area is 96.4 Å². The quantitative estimate of drug-likeness (QED) is 0.637. The third-order valence-electron chi connectivity index (χ3n) is 3.72. The lowest BCUT2D eigenvalue weighted by Gasteiger charge is -2.39. The SMILES string of the molecule is [B]N1CCN(CC(C)(CC)CCC)CC1. The molecule has 0 N–H and O–H groups in total. The summed E-state index contributed by atoms with van der Waals surface area (Å²) in [6, 6.07) is 0. The van der Waals surface area contributed by atoms with E-state index in [1.807, 2.05) is 4.81 Å². The van der Waals surface area contributed by atoms with E-state index in [-0.39, 0.29) is 0 Å². The van der Waals surface area contributed by atoms with Crippen LogP contribution in [0.1, 0.15) is 40.0 Å². The molecule has 1 heterocycles. The van der Waals surface area contributed by atoms with Gasteiger partial charge in [0.05, 0.1) is 0 Å². The third-order valence-corrected chi connectivity index (χ3v) is 3.72. The van der Waals surface area contributed by atoms with Crippen LogP contribution in [-0.2, 0) is 0 Å². The van der Waals surface area contributed by atoms with Crippen LogP contribution >= 0.6 is 0 Å². The van der Waals surface area contributed by atoms with Crippen molar-refractivity contribution < 1.29 is 0 Å². The van der Waals surface area contributed by atoms with Crippen LogP contribution in [0.4, 0.5) is 0 Å². The van der Waals surface area contributed by atoms with Gasteiger partial charge in [-0.15, -0.1) is 0 Å². The first kappa shape index (κ1) is 13.1. The second-order valence-corrected chi connectivity index (χ2v) is 5.23. The predicted molar refractivity (Wildman–Crippen MR) is 67.1 cm³/mol. The summed E-state index contributed by atoms with van der Waals surface area (Å²) in [6.45, 7) is 12.6. The fraction of sp³-hybridized carbons (Fsp3) is 1.00. The van der Waals surface area contributed by atoms with E-state index in [9.17, 15) is 0 Å². The highest BCUT2D eigenvalue weighted by atomic mass is 15.2. The zero-order valence-electron chi connectivity index (χ0n) is 10.6. The monoisotopic (exact) mass is 208 g/mol. The molecule has 1 aliphatic heterocycles. The van der Waals surface area contributed by atoms with Gasteiger partial charge in [0.15, 0.2) is 7.98 Å². The maximum Gasteiger partial charge on any atom is 0.182 e. The Morgan fingerprint density at radius 2 is 1.73 bits per heavy atom. The van der Waals surface area contributed by atoms with E-state index in [1.54, 1.807) is 0 Å². The molecular weight excluding hydrogens is 183 g/mol. The molecule has 0 aromatic rings. The minimum Gasteiger partial charge on any atom is -0.351 e. The van der Waals surface area contributed by atoms with Crippen LogP contribution in [0.2, 0.25) is 0 Å². The molecule has 2 nitrogen and oxygen atoms in total. The van der Waals surface area contributed by atoms with Crippen molar-refractivity contribution in [2.75, 3.05) is 32.7 Å². The Morgan fingerprint density at radius 3 is 2.20 bits per heavy atom. The van der Waals surface area contributed by atoms with Crippen LogP contribution in [0.3, 0.4) is 0 Å². The molecule has 1 unspecified atom stereocenters. The average molecular weight is 208 g/mol. The Balaban J connectivity index is 2.38. The number of rotatable bonds is 5. The first-order chi connectivity index (χ1) is 7.09. The van der Waals surface area contributed by atoms with Gasteiger partial charge in [-0.3, -0.25) is 0 Å². The van der Waals surface area contributed by atoms with Crippen molar-refractivity contribution in [3.8, 4) is 0 Å². The largest absolute Gasteiger partial charge is 0.351 e. The zero-order valence-corrected chi connectivity index (χ0v) is 10.6. The van der Waals surface area contributed by atoms with Crippen molar-refractivity contribution in [3.05, 3.63) is 0 Å². The van der Waals surface area contributed by atoms with Gasteiger partial charge >= 0.3 is 0 Å². The van der Waals surface area contributed by atoms with Gasteiger partial charge in [0.2, 0.25) is 0 Å². The lowest BCUT2D eigenvalue weighted by atomic mass is 9.82. The topological polar surface area (TPSA) is 6.48 Å². The van der Waals surface area contributed by atoms with Gasteiger partial charge in [-0.25, -0.2) is 0 Å². The fourth-order valence-corrected chi connectivity index (χ4v) is 2.43. The molecule has 0 spiro atoms. The highest BCUT2D eigenvalue weighted by Crippen LogP contribution is 2.28. The van der Waals surface area contributed by atoms with Crippen LogP contribution in [0.5, 0.6) is 0 Å². The summed E-state index contributed by atoms with van der Waals surface area (Å²) in [6.07, 6.45) is 3.91. The number of nitrogens with zero attached hydrogens (tertiary/aromatic N) is 2. The van der Waals surface area contributed by atoms with Gasteiger partial charge in [-0.2, -0.15) is 0 Å². The summed E-state index contributed by atoms with van der Waals surface area (Å²) >= 11 is 0. The van der Waals surface area contributed by atoms with Gasteiger partial charge in [0.1, 0.15) is 0 Å². The molecule has 1 saturated heterocycles. The molecule has 0 amide bonds. The van der Waals surface area contributed by atoms with E-state index in [0.29, 0.717) is 5.41 Å². The molecule has 15 heavy (non-hydrogen) atoms. The molecule has 0 bridgehead atoms. The second-order valence-electron chi connectivity index (χ2n) is 5.23. The van der Waals surface area contributed by atoms with E-state index >= 15 is 0 Å². The first-order valence-electron chi connectivity index (χ1n) is 6.31. The molecule has 3 heteroatoms.